The maximum absolute atomic E-state index is 13.9. The number of rotatable bonds is 32. The lowest BCUT2D eigenvalue weighted by atomic mass is 9.39. The van der Waals surface area contributed by atoms with Crippen molar-refractivity contribution in [2.45, 2.75) is 149 Å². The number of urea groups is 1. The van der Waals surface area contributed by atoms with Crippen LogP contribution in [0.4, 0.5) is 20.4 Å². The van der Waals surface area contributed by atoms with E-state index >= 15 is 0 Å². The zero-order valence-corrected chi connectivity index (χ0v) is 58.5. The van der Waals surface area contributed by atoms with Gasteiger partial charge in [0, 0.05) is 96.5 Å². The number of aromatic nitrogens is 5. The van der Waals surface area contributed by atoms with E-state index in [9.17, 15) is 58.2 Å². The SMILES string of the molecule is Cc1c(-c2ccc(-c3cnc4cccc(C(=O)Nc5nc6ccccc6s5)c4c3)nc2C(=O)O)cnn1CC12CC3(C)CC(OCCN(CCC(=O)O)C(=O)OCc4ccc(NC(=O)[C@H](CCCNC(N)=O)NC(=O)[C@@H](NC(=O)CCCCCN5C(=O)C=CC5=O)C(C)C)cc4)(C1)C[C@](C)(C3)C2. The molecule has 4 aliphatic carbocycles. The monoisotopic (exact) mass is 1410 g/mol. The molecular formula is C74H85N13O14S. The van der Waals surface area contributed by atoms with Crippen LogP contribution < -0.4 is 32.3 Å². The molecule has 7 aromatic rings. The summed E-state index contributed by atoms with van der Waals surface area (Å²) in [5.41, 5.74) is 9.35. The molecule has 9 N–H and O–H groups in total. The Hall–Kier alpha value is -10.5. The van der Waals surface area contributed by atoms with Crippen LogP contribution in [0.25, 0.3) is 43.5 Å². The van der Waals surface area contributed by atoms with E-state index in [-0.39, 0.29) is 117 Å². The molecule has 28 heteroatoms. The molecule has 4 saturated carbocycles. The highest BCUT2D eigenvalue weighted by Gasteiger charge is 2.66. The van der Waals surface area contributed by atoms with Gasteiger partial charge in [-0.2, -0.15) is 5.10 Å². The molecule has 3 unspecified atom stereocenters. The summed E-state index contributed by atoms with van der Waals surface area (Å²) in [7, 11) is 0. The molecule has 1 aliphatic heterocycles. The number of anilines is 2. The molecule has 536 valence electrons. The number of thiazole rings is 1. The number of aliphatic carboxylic acids is 1. The van der Waals surface area contributed by atoms with Crippen LogP contribution in [0, 0.1) is 29.1 Å². The molecule has 0 saturated heterocycles. The molecule has 3 aromatic carbocycles. The normalized spacial score (nSPS) is 20.2. The third kappa shape index (κ3) is 17.3. The summed E-state index contributed by atoms with van der Waals surface area (Å²) in [6, 6.07) is 21.7. The van der Waals surface area contributed by atoms with Crippen molar-refractivity contribution in [2.75, 3.05) is 43.4 Å². The van der Waals surface area contributed by atoms with Crippen molar-refractivity contribution in [1.29, 1.82) is 0 Å². The fourth-order valence-corrected chi connectivity index (χ4v) is 17.0. The van der Waals surface area contributed by atoms with Gasteiger partial charge in [0.25, 0.3) is 17.7 Å². The molecule has 4 bridgehead atoms. The number of aromatic carboxylic acids is 1. The summed E-state index contributed by atoms with van der Waals surface area (Å²) in [5, 5.41) is 40.1. The van der Waals surface area contributed by atoms with Crippen molar-refractivity contribution < 1.29 is 67.6 Å². The molecule has 4 aromatic heterocycles. The lowest BCUT2D eigenvalue weighted by Crippen LogP contribution is -2.64. The molecular weight excluding hydrogens is 1330 g/mol. The largest absolute Gasteiger partial charge is 0.481 e. The third-order valence-electron chi connectivity index (χ3n) is 19.7. The maximum Gasteiger partial charge on any atom is 0.410 e. The lowest BCUT2D eigenvalue weighted by molar-refractivity contribution is -0.248. The number of unbranched alkanes of at least 4 members (excludes halogenated alkanes) is 2. The Bertz CT molecular complexity index is 4370. The van der Waals surface area contributed by atoms with Crippen LogP contribution in [0.2, 0.25) is 0 Å². The summed E-state index contributed by atoms with van der Waals surface area (Å²) < 4.78 is 15.7. The second-order valence-corrected chi connectivity index (χ2v) is 29.6. The first-order valence-corrected chi connectivity index (χ1v) is 35.2. The van der Waals surface area contributed by atoms with E-state index in [1.54, 1.807) is 86.9 Å². The standard InChI is InChI=1S/C74H85N13O14S/c1-44(2)62(83-58(88)18-7-6-10-29-86-59(89)25-26-60(86)90)66(95)81-56(16-12-28-76-68(75)98)65(94)79-48-21-19-46(20-22-48)36-100-70(99)85(30-27-61(91)92)31-32-101-74-40-71(4)37-72(5,41-74)39-73(38-71,42-74)43-87-45(3)52(35-78-87)49-23-24-53(80-63(49)67(96)97)47-33-51-50(13-11-15-54(51)77-34-47)64(93)84-69-82-55-14-8-9-17-57(55)102-69/h8-9,11,13-15,17,19-26,33-35,44,56,62H,6-7,10,12,16,18,27-32,36-43H2,1-5H3,(H,79,94)(H,81,95)(H,83,88)(H,91,92)(H,96,97)(H3,75,76,98)(H,82,84,93)/t56-,62-,71+,72?,73?,74?/m0/s1. The highest BCUT2D eigenvalue weighted by molar-refractivity contribution is 7.22. The summed E-state index contributed by atoms with van der Waals surface area (Å²) in [5.74, 6) is -5.38. The van der Waals surface area contributed by atoms with Gasteiger partial charge in [0.05, 0.1) is 46.3 Å². The van der Waals surface area contributed by atoms with Gasteiger partial charge in [-0.05, 0) is 153 Å². The fraction of sp³-hybridized carbons (Fsp3) is 0.432. The number of primary amides is 1. The lowest BCUT2D eigenvalue weighted by Gasteiger charge is -2.69. The Kier molecular flexibility index (Phi) is 22.0. The second-order valence-electron chi connectivity index (χ2n) is 28.6. The molecule has 6 atom stereocenters. The predicted molar refractivity (Wildman–Crippen MR) is 379 cm³/mol. The number of nitrogens with two attached hydrogens (primary N) is 1. The van der Waals surface area contributed by atoms with E-state index in [1.165, 1.54) is 28.4 Å². The van der Waals surface area contributed by atoms with Crippen LogP contribution in [0.1, 0.15) is 143 Å². The van der Waals surface area contributed by atoms with E-state index in [2.05, 4.69) is 50.4 Å². The van der Waals surface area contributed by atoms with Crippen LogP contribution in [-0.2, 0) is 51.4 Å². The number of carbonyl (C=O) groups is 10. The number of para-hydroxylation sites is 1. The average Bonchev–Trinajstić information content (AvgIpc) is 0.799. The number of fused-ring (bicyclic) bond motifs is 2. The average molecular weight is 1410 g/mol. The van der Waals surface area contributed by atoms with E-state index in [4.69, 9.17) is 25.3 Å². The molecule has 4 fully saturated rings. The Morgan fingerprint density at radius 2 is 1.49 bits per heavy atom. The Balaban J connectivity index is 0.700. The minimum absolute atomic E-state index is 0.0503. The molecule has 0 radical (unpaired) electrons. The van der Waals surface area contributed by atoms with Crippen LogP contribution >= 0.6 is 11.3 Å². The highest BCUT2D eigenvalue weighted by Crippen LogP contribution is 2.72. The van der Waals surface area contributed by atoms with Crippen LogP contribution in [0.5, 0.6) is 0 Å². The molecule has 102 heavy (non-hydrogen) atoms. The molecule has 27 nitrogen and oxygen atoms in total. The Morgan fingerprint density at radius 1 is 0.755 bits per heavy atom. The molecule has 12 rings (SSSR count). The zero-order chi connectivity index (χ0) is 72.7. The quantitative estimate of drug-likeness (QED) is 0.0144. The second kappa shape index (κ2) is 30.8. The topological polar surface area (TPSA) is 379 Å². The number of hydrogen-bond donors (Lipinski definition) is 8. The van der Waals surface area contributed by atoms with E-state index in [1.807, 2.05) is 35.9 Å². The van der Waals surface area contributed by atoms with Gasteiger partial charge < -0.3 is 51.6 Å². The number of carbonyl (C=O) groups excluding carboxylic acids is 8. The first kappa shape index (κ1) is 72.8. The summed E-state index contributed by atoms with van der Waals surface area (Å²) >= 11 is 1.37. The van der Waals surface area contributed by atoms with Crippen LogP contribution in [0.15, 0.2) is 109 Å². The maximum atomic E-state index is 13.9. The van der Waals surface area contributed by atoms with E-state index < -0.39 is 53.6 Å². The minimum atomic E-state index is -1.23. The van der Waals surface area contributed by atoms with Crippen molar-refractivity contribution in [3.63, 3.8) is 0 Å². The number of hydrogen-bond acceptors (Lipinski definition) is 17. The number of carboxylic acids is 2. The summed E-state index contributed by atoms with van der Waals surface area (Å²) in [4.78, 5) is 145. The highest BCUT2D eigenvalue weighted by atomic mass is 32.1. The molecule has 5 aliphatic rings. The number of carboxylic acid groups (broad SMARTS) is 2. The van der Waals surface area contributed by atoms with Crippen LogP contribution in [-0.4, -0.2) is 155 Å². The van der Waals surface area contributed by atoms with Crippen molar-refractivity contribution in [3.8, 4) is 22.4 Å². The minimum Gasteiger partial charge on any atom is -0.481 e. The van der Waals surface area contributed by atoms with Gasteiger partial charge in [0.1, 0.15) is 18.7 Å². The van der Waals surface area contributed by atoms with Gasteiger partial charge in [-0.1, -0.05) is 75.8 Å². The number of ether oxygens (including phenoxy) is 2. The fourth-order valence-electron chi connectivity index (χ4n) is 16.2. The number of imide groups is 1. The van der Waals surface area contributed by atoms with E-state index in [0.717, 1.165) is 52.9 Å². The van der Waals surface area contributed by atoms with Gasteiger partial charge in [0.2, 0.25) is 17.7 Å². The zero-order valence-electron chi connectivity index (χ0n) is 57.7. The number of nitrogens with one attached hydrogen (secondary N) is 5. The van der Waals surface area contributed by atoms with Crippen LogP contribution in [0.3, 0.4) is 0 Å². The van der Waals surface area contributed by atoms with Gasteiger partial charge in [-0.25, -0.2) is 24.4 Å². The number of benzene rings is 3. The summed E-state index contributed by atoms with van der Waals surface area (Å²) in [6.07, 6.45) is 11.7. The molecule has 5 heterocycles. The Morgan fingerprint density at radius 3 is 2.20 bits per heavy atom. The molecule has 9 amide bonds. The Labute approximate surface area is 592 Å². The predicted octanol–water partition coefficient (Wildman–Crippen LogP) is 9.78. The summed E-state index contributed by atoms with van der Waals surface area (Å²) in [6.45, 7) is 10.8. The number of amides is 9. The van der Waals surface area contributed by atoms with Crippen molar-refractivity contribution in [2.24, 2.45) is 27.9 Å². The third-order valence-corrected chi connectivity index (χ3v) is 20.6. The number of nitrogens with zero attached hydrogens (tertiary/aromatic N) is 7. The smallest absolute Gasteiger partial charge is 0.410 e. The van der Waals surface area contributed by atoms with Crippen molar-refractivity contribution >= 4 is 103 Å². The van der Waals surface area contributed by atoms with Gasteiger partial charge in [0.15, 0.2) is 10.8 Å². The molecule has 0 spiro atoms. The van der Waals surface area contributed by atoms with Gasteiger partial charge in [-0.15, -0.1) is 0 Å². The van der Waals surface area contributed by atoms with Crippen molar-refractivity contribution in [3.05, 3.63) is 132 Å². The van der Waals surface area contributed by atoms with E-state index in [0.29, 0.717) is 87.5 Å². The van der Waals surface area contributed by atoms with Crippen molar-refractivity contribution in [1.82, 2.24) is 50.5 Å². The number of pyridine rings is 2. The first-order chi connectivity index (χ1) is 48.7. The van der Waals surface area contributed by atoms with Gasteiger partial charge in [-0.3, -0.25) is 53.4 Å². The first-order valence-electron chi connectivity index (χ1n) is 34.3. The van der Waals surface area contributed by atoms with Gasteiger partial charge >= 0.3 is 24.1 Å².